The Hall–Kier alpha value is -2.92. The molecule has 3 aromatic carbocycles. The monoisotopic (exact) mass is 379 g/mol. The highest BCUT2D eigenvalue weighted by atomic mass is 32.2. The molecule has 0 bridgehead atoms. The fourth-order valence-electron chi connectivity index (χ4n) is 2.50. The largest absolute Gasteiger partial charge is 0.457 e. The summed E-state index contributed by atoms with van der Waals surface area (Å²) in [5.41, 5.74) is 1.11. The molecular formula is C22H21NO3S. The zero-order valence-corrected chi connectivity index (χ0v) is 15.9. The fourth-order valence-corrected chi connectivity index (χ4v) is 2.91. The molecule has 5 heteroatoms. The van der Waals surface area contributed by atoms with E-state index in [2.05, 4.69) is 5.16 Å². The van der Waals surface area contributed by atoms with Gasteiger partial charge in [-0.1, -0.05) is 35.5 Å². The van der Waals surface area contributed by atoms with Gasteiger partial charge in [0, 0.05) is 11.3 Å². The quantitative estimate of drug-likeness (QED) is 0.180. The van der Waals surface area contributed by atoms with Crippen molar-refractivity contribution in [3.63, 3.8) is 0 Å². The van der Waals surface area contributed by atoms with Crippen LogP contribution in [-0.2, 0) is 6.42 Å². The first-order chi connectivity index (χ1) is 13.3. The lowest BCUT2D eigenvalue weighted by molar-refractivity contribution is 0.300. The number of rotatable bonds is 7. The number of thioether (sulfide) groups is 1. The van der Waals surface area contributed by atoms with Crippen molar-refractivity contribution in [2.24, 2.45) is 5.16 Å². The molecule has 4 nitrogen and oxygen atoms in total. The first kappa shape index (κ1) is 18.9. The highest BCUT2D eigenvalue weighted by Crippen LogP contribution is 2.22. The summed E-state index contributed by atoms with van der Waals surface area (Å²) in [5, 5.41) is 12.5. The van der Waals surface area contributed by atoms with Gasteiger partial charge in [0.2, 0.25) is 5.90 Å². The summed E-state index contributed by atoms with van der Waals surface area (Å²) in [5.74, 6) is 2.54. The van der Waals surface area contributed by atoms with Crippen LogP contribution in [0.1, 0.15) is 12.0 Å². The van der Waals surface area contributed by atoms with Crippen molar-refractivity contribution in [1.82, 2.24) is 0 Å². The van der Waals surface area contributed by atoms with Crippen LogP contribution in [0.4, 0.5) is 0 Å². The predicted molar refractivity (Wildman–Crippen MR) is 109 cm³/mol. The van der Waals surface area contributed by atoms with E-state index in [1.165, 1.54) is 0 Å². The van der Waals surface area contributed by atoms with Crippen molar-refractivity contribution in [2.75, 3.05) is 6.26 Å². The molecule has 0 radical (unpaired) electrons. The maximum Gasteiger partial charge on any atom is 0.231 e. The number of oxime groups is 1. The van der Waals surface area contributed by atoms with Crippen LogP contribution in [0.3, 0.4) is 0 Å². The molecule has 3 aromatic rings. The molecule has 0 aliphatic rings. The standard InChI is InChI=1S/C22H21NO3S/c1-27-21-14-12-20(13-15-21)26-22(23-24)16-9-17-7-10-19(11-8-17)25-18-5-3-2-4-6-18/h2-8,10-15,24H,9,16H2,1H3/b23-22+. The van der Waals surface area contributed by atoms with Gasteiger partial charge < -0.3 is 14.7 Å². The van der Waals surface area contributed by atoms with Crippen molar-refractivity contribution in [3.8, 4) is 17.2 Å². The molecule has 0 saturated carbocycles. The zero-order chi connectivity index (χ0) is 18.9. The molecule has 0 spiro atoms. The molecule has 27 heavy (non-hydrogen) atoms. The number of hydrogen-bond acceptors (Lipinski definition) is 5. The van der Waals surface area contributed by atoms with Crippen LogP contribution < -0.4 is 9.47 Å². The molecule has 0 saturated heterocycles. The number of nitrogens with zero attached hydrogens (tertiary/aromatic N) is 1. The normalized spacial score (nSPS) is 11.2. The molecule has 0 aromatic heterocycles. The minimum atomic E-state index is 0.288. The van der Waals surface area contributed by atoms with Crippen LogP contribution in [0.2, 0.25) is 0 Å². The van der Waals surface area contributed by atoms with Crippen molar-refractivity contribution in [2.45, 2.75) is 17.7 Å². The Kier molecular flexibility index (Phi) is 6.77. The van der Waals surface area contributed by atoms with Gasteiger partial charge in [-0.25, -0.2) is 0 Å². The average molecular weight is 379 g/mol. The van der Waals surface area contributed by atoms with Crippen LogP contribution in [0.5, 0.6) is 17.2 Å². The van der Waals surface area contributed by atoms with E-state index in [1.807, 2.05) is 85.1 Å². The second kappa shape index (κ2) is 9.69. The van der Waals surface area contributed by atoms with Gasteiger partial charge in [-0.3, -0.25) is 0 Å². The Labute approximate surface area is 163 Å². The van der Waals surface area contributed by atoms with Crippen LogP contribution in [-0.4, -0.2) is 17.4 Å². The van der Waals surface area contributed by atoms with Gasteiger partial charge in [0.05, 0.1) is 0 Å². The van der Waals surface area contributed by atoms with Gasteiger partial charge in [-0.15, -0.1) is 11.8 Å². The fraction of sp³-hybridized carbons (Fsp3) is 0.136. The lowest BCUT2D eigenvalue weighted by Gasteiger charge is -2.09. The summed E-state index contributed by atoms with van der Waals surface area (Å²) in [4.78, 5) is 1.16. The number of aryl methyl sites for hydroxylation is 1. The van der Waals surface area contributed by atoms with Gasteiger partial charge in [0.1, 0.15) is 17.2 Å². The highest BCUT2D eigenvalue weighted by molar-refractivity contribution is 7.98. The summed E-state index contributed by atoms with van der Waals surface area (Å²) >= 11 is 1.67. The molecule has 0 aliphatic carbocycles. The first-order valence-corrected chi connectivity index (χ1v) is 9.84. The lowest BCUT2D eigenvalue weighted by Crippen LogP contribution is -2.10. The van der Waals surface area contributed by atoms with Gasteiger partial charge in [-0.2, -0.15) is 0 Å². The van der Waals surface area contributed by atoms with E-state index in [-0.39, 0.29) is 5.90 Å². The van der Waals surface area contributed by atoms with Gasteiger partial charge in [0.25, 0.3) is 0 Å². The Morgan fingerprint density at radius 3 is 2.11 bits per heavy atom. The minimum absolute atomic E-state index is 0.288. The predicted octanol–water partition coefficient (Wildman–Crippen LogP) is 6.00. The Bertz CT molecular complexity index is 862. The van der Waals surface area contributed by atoms with E-state index < -0.39 is 0 Å². The van der Waals surface area contributed by atoms with Crippen molar-refractivity contribution in [1.29, 1.82) is 0 Å². The number of para-hydroxylation sites is 1. The molecule has 0 fully saturated rings. The van der Waals surface area contributed by atoms with Crippen molar-refractivity contribution < 1.29 is 14.7 Å². The highest BCUT2D eigenvalue weighted by Gasteiger charge is 2.06. The van der Waals surface area contributed by atoms with Gasteiger partial charge in [0.15, 0.2) is 0 Å². The topological polar surface area (TPSA) is 51.0 Å². The maximum absolute atomic E-state index is 9.21. The summed E-state index contributed by atoms with van der Waals surface area (Å²) in [6.07, 6.45) is 3.22. The zero-order valence-electron chi connectivity index (χ0n) is 15.0. The molecule has 0 heterocycles. The molecule has 3 rings (SSSR count). The molecule has 138 valence electrons. The maximum atomic E-state index is 9.21. The van der Waals surface area contributed by atoms with E-state index in [0.29, 0.717) is 18.6 Å². The summed E-state index contributed by atoms with van der Waals surface area (Å²) in [6.45, 7) is 0. The van der Waals surface area contributed by atoms with E-state index in [0.717, 1.165) is 22.0 Å². The van der Waals surface area contributed by atoms with Crippen molar-refractivity contribution in [3.05, 3.63) is 84.4 Å². The van der Waals surface area contributed by atoms with E-state index >= 15 is 0 Å². The SMILES string of the molecule is CSc1ccc(O/C(CCc2ccc(Oc3ccccc3)cc2)=N/O)cc1. The number of hydrogen-bond donors (Lipinski definition) is 1. The minimum Gasteiger partial charge on any atom is -0.457 e. The first-order valence-electron chi connectivity index (χ1n) is 8.61. The third-order valence-electron chi connectivity index (χ3n) is 3.94. The van der Waals surface area contributed by atoms with Gasteiger partial charge >= 0.3 is 0 Å². The summed E-state index contributed by atoms with van der Waals surface area (Å²) in [6, 6.07) is 25.2. The van der Waals surface area contributed by atoms with E-state index in [4.69, 9.17) is 9.47 Å². The van der Waals surface area contributed by atoms with Crippen LogP contribution in [0.25, 0.3) is 0 Å². The second-order valence-corrected chi connectivity index (χ2v) is 6.71. The number of benzene rings is 3. The number of ether oxygens (including phenoxy) is 2. The second-order valence-electron chi connectivity index (χ2n) is 5.83. The smallest absolute Gasteiger partial charge is 0.231 e. The summed E-state index contributed by atoms with van der Waals surface area (Å²) < 4.78 is 11.4. The molecule has 0 atom stereocenters. The Balaban J connectivity index is 1.53. The lowest BCUT2D eigenvalue weighted by atomic mass is 10.1. The third-order valence-corrected chi connectivity index (χ3v) is 4.68. The van der Waals surface area contributed by atoms with E-state index in [9.17, 15) is 5.21 Å². The van der Waals surface area contributed by atoms with Crippen molar-refractivity contribution >= 4 is 17.7 Å². The summed E-state index contributed by atoms with van der Waals surface area (Å²) in [7, 11) is 0. The van der Waals surface area contributed by atoms with Gasteiger partial charge in [-0.05, 0) is 66.8 Å². The Morgan fingerprint density at radius 2 is 1.48 bits per heavy atom. The average Bonchev–Trinajstić information content (AvgIpc) is 2.73. The van der Waals surface area contributed by atoms with E-state index in [1.54, 1.807) is 11.8 Å². The Morgan fingerprint density at radius 1 is 0.852 bits per heavy atom. The van der Waals surface area contributed by atoms with Crippen LogP contribution in [0, 0.1) is 0 Å². The molecule has 1 N–H and O–H groups in total. The molecule has 0 amide bonds. The van der Waals surface area contributed by atoms with Crippen LogP contribution in [0.15, 0.2) is 88.9 Å². The third kappa shape index (κ3) is 5.79. The van der Waals surface area contributed by atoms with Crippen LogP contribution >= 0.6 is 11.8 Å². The molecular weight excluding hydrogens is 358 g/mol. The molecule has 0 unspecified atom stereocenters. The molecule has 0 aliphatic heterocycles.